The van der Waals surface area contributed by atoms with Crippen molar-refractivity contribution in [3.63, 3.8) is 0 Å². The van der Waals surface area contributed by atoms with Gasteiger partial charge in [-0.2, -0.15) is 5.10 Å². The van der Waals surface area contributed by atoms with Crippen LogP contribution in [0, 0.1) is 0 Å². The van der Waals surface area contributed by atoms with Gasteiger partial charge in [-0.3, -0.25) is 9.59 Å². The average molecular weight is 326 g/mol. The maximum atomic E-state index is 11.4. The fourth-order valence-corrected chi connectivity index (χ4v) is 1.74. The minimum Gasteiger partial charge on any atom is -0.353 e. The lowest BCUT2D eigenvalue weighted by molar-refractivity contribution is -0.129. The fourth-order valence-electron chi connectivity index (χ4n) is 1.32. The zero-order chi connectivity index (χ0) is 14.3. The van der Waals surface area contributed by atoms with E-state index in [-0.39, 0.29) is 18.4 Å². The predicted octanol–water partition coefficient (Wildman–Crippen LogP) is 1.81. The monoisotopic (exact) mass is 325 g/mol. The normalized spacial score (nSPS) is 10.7. The first-order valence-corrected chi connectivity index (χ1v) is 6.63. The molecule has 0 saturated heterocycles. The quantitative estimate of drug-likeness (QED) is 0.492. The molecule has 0 saturated carbocycles. The molecule has 0 unspecified atom stereocenters. The van der Waals surface area contributed by atoms with Crippen molar-refractivity contribution in [1.29, 1.82) is 0 Å². The van der Waals surface area contributed by atoms with Gasteiger partial charge < -0.3 is 5.32 Å². The molecule has 0 spiro atoms. The first-order valence-electron chi connectivity index (χ1n) is 5.84. The molecule has 0 aromatic heterocycles. The van der Waals surface area contributed by atoms with Gasteiger partial charge in [0.2, 0.25) is 11.8 Å². The smallest absolute Gasteiger partial charge is 0.249 e. The number of hydrazone groups is 1. The summed E-state index contributed by atoms with van der Waals surface area (Å²) in [5.41, 5.74) is 3.16. The number of rotatable bonds is 5. The summed E-state index contributed by atoms with van der Waals surface area (Å²) in [6, 6.07) is 7.49. The van der Waals surface area contributed by atoms with Crippen molar-refractivity contribution in [1.82, 2.24) is 10.7 Å². The van der Waals surface area contributed by atoms with Gasteiger partial charge in [0.15, 0.2) is 0 Å². The van der Waals surface area contributed by atoms with Gasteiger partial charge in [0.1, 0.15) is 6.42 Å². The Balaban J connectivity index is 2.40. The third-order valence-corrected chi connectivity index (χ3v) is 2.52. The summed E-state index contributed by atoms with van der Waals surface area (Å²) in [7, 11) is 0. The molecule has 0 fully saturated rings. The molecule has 5 nitrogen and oxygen atoms in total. The molecule has 102 valence electrons. The number of amides is 2. The van der Waals surface area contributed by atoms with E-state index in [1.54, 1.807) is 0 Å². The van der Waals surface area contributed by atoms with Crippen LogP contribution < -0.4 is 10.7 Å². The lowest BCUT2D eigenvalue weighted by Gasteiger charge is -2.06. The Hall–Kier alpha value is -1.69. The van der Waals surface area contributed by atoms with Crippen LogP contribution in [0.5, 0.6) is 0 Å². The summed E-state index contributed by atoms with van der Waals surface area (Å²) in [5.74, 6) is -0.755. The Bertz CT molecular complexity index is 487. The van der Waals surface area contributed by atoms with Crippen molar-refractivity contribution in [3.05, 3.63) is 34.3 Å². The standard InChI is InChI=1S/C13H16BrN3O2/c1-9(2)16-12(18)7-13(19)17-15-8-10-4-3-5-11(14)6-10/h3-6,8-9H,7H2,1-2H3,(H,16,18)(H,17,19). The van der Waals surface area contributed by atoms with Crippen LogP contribution >= 0.6 is 15.9 Å². The van der Waals surface area contributed by atoms with E-state index in [0.717, 1.165) is 10.0 Å². The molecular weight excluding hydrogens is 310 g/mol. The molecule has 0 atom stereocenters. The van der Waals surface area contributed by atoms with Gasteiger partial charge >= 0.3 is 0 Å². The maximum Gasteiger partial charge on any atom is 0.249 e. The second kappa shape index (κ2) is 7.68. The van der Waals surface area contributed by atoms with E-state index in [4.69, 9.17) is 0 Å². The van der Waals surface area contributed by atoms with Gasteiger partial charge in [-0.15, -0.1) is 0 Å². The van der Waals surface area contributed by atoms with Gasteiger partial charge in [-0.05, 0) is 31.5 Å². The highest BCUT2D eigenvalue weighted by Gasteiger charge is 2.08. The summed E-state index contributed by atoms with van der Waals surface area (Å²) < 4.78 is 0.930. The van der Waals surface area contributed by atoms with Crippen LogP contribution in [0.3, 0.4) is 0 Å². The number of hydrogen-bond acceptors (Lipinski definition) is 3. The molecule has 2 amide bonds. The van der Waals surface area contributed by atoms with Gasteiger partial charge in [-0.1, -0.05) is 28.1 Å². The second-order valence-electron chi connectivity index (χ2n) is 4.25. The Labute approximate surface area is 120 Å². The molecule has 6 heteroatoms. The van der Waals surface area contributed by atoms with Gasteiger partial charge in [-0.25, -0.2) is 5.43 Å². The van der Waals surface area contributed by atoms with Crippen molar-refractivity contribution < 1.29 is 9.59 Å². The highest BCUT2D eigenvalue weighted by molar-refractivity contribution is 9.10. The first kappa shape index (κ1) is 15.4. The molecular formula is C13H16BrN3O2. The van der Waals surface area contributed by atoms with Crippen molar-refractivity contribution in [2.24, 2.45) is 5.10 Å². The minimum absolute atomic E-state index is 0.0190. The molecule has 0 aliphatic carbocycles. The largest absolute Gasteiger partial charge is 0.353 e. The fraction of sp³-hybridized carbons (Fsp3) is 0.308. The number of halogens is 1. The number of nitrogens with one attached hydrogen (secondary N) is 2. The number of carbonyl (C=O) groups is 2. The van der Waals surface area contributed by atoms with Crippen molar-refractivity contribution in [2.75, 3.05) is 0 Å². The molecule has 2 N–H and O–H groups in total. The average Bonchev–Trinajstić information content (AvgIpc) is 2.27. The predicted molar refractivity (Wildman–Crippen MR) is 77.8 cm³/mol. The van der Waals surface area contributed by atoms with Gasteiger partial charge in [0.05, 0.1) is 6.21 Å². The third-order valence-electron chi connectivity index (χ3n) is 2.02. The van der Waals surface area contributed by atoms with E-state index < -0.39 is 5.91 Å². The van der Waals surface area contributed by atoms with Crippen LogP contribution in [0.15, 0.2) is 33.8 Å². The number of carbonyl (C=O) groups excluding carboxylic acids is 2. The molecule has 0 aliphatic rings. The molecule has 1 aromatic rings. The zero-order valence-corrected chi connectivity index (χ0v) is 12.4. The minimum atomic E-state index is -0.440. The van der Waals surface area contributed by atoms with E-state index in [0.29, 0.717) is 0 Å². The first-order chi connectivity index (χ1) is 8.97. The molecule has 1 rings (SSSR count). The summed E-state index contributed by atoms with van der Waals surface area (Å²) in [4.78, 5) is 22.7. The molecule has 0 radical (unpaired) electrons. The molecule has 1 aromatic carbocycles. The van der Waals surface area contributed by atoms with E-state index in [2.05, 4.69) is 31.8 Å². The molecule has 0 aliphatic heterocycles. The lowest BCUT2D eigenvalue weighted by atomic mass is 10.2. The summed E-state index contributed by atoms with van der Waals surface area (Å²) in [5, 5.41) is 6.42. The Morgan fingerprint density at radius 1 is 1.37 bits per heavy atom. The van der Waals surface area contributed by atoms with E-state index in [1.165, 1.54) is 6.21 Å². The van der Waals surface area contributed by atoms with Crippen LogP contribution in [0.25, 0.3) is 0 Å². The van der Waals surface area contributed by atoms with Crippen LogP contribution in [-0.2, 0) is 9.59 Å². The van der Waals surface area contributed by atoms with Crippen LogP contribution in [0.2, 0.25) is 0 Å². The maximum absolute atomic E-state index is 11.4. The summed E-state index contributed by atoms with van der Waals surface area (Å²) >= 11 is 3.34. The highest BCUT2D eigenvalue weighted by atomic mass is 79.9. The Morgan fingerprint density at radius 3 is 2.74 bits per heavy atom. The topological polar surface area (TPSA) is 70.6 Å². The zero-order valence-electron chi connectivity index (χ0n) is 10.8. The summed E-state index contributed by atoms with van der Waals surface area (Å²) in [6.45, 7) is 3.67. The Kier molecular flexibility index (Phi) is 6.21. The van der Waals surface area contributed by atoms with Crippen LogP contribution in [0.4, 0.5) is 0 Å². The second-order valence-corrected chi connectivity index (χ2v) is 5.16. The lowest BCUT2D eigenvalue weighted by Crippen LogP contribution is -2.34. The number of benzene rings is 1. The van der Waals surface area contributed by atoms with Crippen LogP contribution in [-0.4, -0.2) is 24.1 Å². The number of nitrogens with zero attached hydrogens (tertiary/aromatic N) is 1. The highest BCUT2D eigenvalue weighted by Crippen LogP contribution is 2.09. The molecule has 0 bridgehead atoms. The summed E-state index contributed by atoms with van der Waals surface area (Å²) in [6.07, 6.45) is 1.29. The Morgan fingerprint density at radius 2 is 2.11 bits per heavy atom. The van der Waals surface area contributed by atoms with E-state index in [9.17, 15) is 9.59 Å². The van der Waals surface area contributed by atoms with Gasteiger partial charge in [0.25, 0.3) is 0 Å². The molecule has 19 heavy (non-hydrogen) atoms. The van der Waals surface area contributed by atoms with Crippen molar-refractivity contribution in [2.45, 2.75) is 26.3 Å². The van der Waals surface area contributed by atoms with Crippen LogP contribution in [0.1, 0.15) is 25.8 Å². The number of hydrogen-bond donors (Lipinski definition) is 2. The van der Waals surface area contributed by atoms with E-state index in [1.807, 2.05) is 38.1 Å². The van der Waals surface area contributed by atoms with E-state index >= 15 is 0 Å². The SMILES string of the molecule is CC(C)NC(=O)CC(=O)NN=Cc1cccc(Br)c1. The third kappa shape index (κ3) is 6.71. The van der Waals surface area contributed by atoms with Crippen molar-refractivity contribution in [3.8, 4) is 0 Å². The van der Waals surface area contributed by atoms with Gasteiger partial charge in [0, 0.05) is 10.5 Å². The molecule has 0 heterocycles. The van der Waals surface area contributed by atoms with Crippen molar-refractivity contribution >= 4 is 34.0 Å².